The topological polar surface area (TPSA) is 49.3 Å². The van der Waals surface area contributed by atoms with E-state index in [2.05, 4.69) is 5.32 Å². The third-order valence-corrected chi connectivity index (χ3v) is 1.67. The molecule has 0 amide bonds. The molecular formula is C8H17NO2. The van der Waals surface area contributed by atoms with Crippen molar-refractivity contribution in [2.75, 3.05) is 7.05 Å². The zero-order valence-electron chi connectivity index (χ0n) is 7.59. The third-order valence-electron chi connectivity index (χ3n) is 1.67. The second-order valence-corrected chi connectivity index (χ2v) is 3.06. The minimum absolute atomic E-state index is 0.0259. The zero-order valence-corrected chi connectivity index (χ0v) is 7.59. The van der Waals surface area contributed by atoms with Gasteiger partial charge in [0.25, 0.3) is 0 Å². The molecule has 0 aromatic heterocycles. The Morgan fingerprint density at radius 3 is 1.91 bits per heavy atom. The first-order valence-electron chi connectivity index (χ1n) is 3.89. The minimum Gasteiger partial charge on any atom is -0.391 e. The SMILES string of the molecule is CNC(C(=O)C(C)C)C(C)O. The van der Waals surface area contributed by atoms with Crippen molar-refractivity contribution >= 4 is 5.78 Å². The summed E-state index contributed by atoms with van der Waals surface area (Å²) in [5, 5.41) is 11.9. The van der Waals surface area contributed by atoms with Gasteiger partial charge >= 0.3 is 0 Å². The Balaban J connectivity index is 4.15. The molecule has 0 fully saturated rings. The lowest BCUT2D eigenvalue weighted by Gasteiger charge is -2.19. The van der Waals surface area contributed by atoms with Crippen molar-refractivity contribution in [3.05, 3.63) is 0 Å². The molecule has 2 atom stereocenters. The van der Waals surface area contributed by atoms with E-state index in [1.807, 2.05) is 13.8 Å². The minimum atomic E-state index is -0.616. The Labute approximate surface area is 67.8 Å². The van der Waals surface area contributed by atoms with Gasteiger partial charge < -0.3 is 10.4 Å². The summed E-state index contributed by atoms with van der Waals surface area (Å²) in [6.07, 6.45) is -0.616. The number of aliphatic hydroxyl groups is 1. The maximum atomic E-state index is 11.3. The van der Waals surface area contributed by atoms with Gasteiger partial charge in [0.2, 0.25) is 0 Å². The summed E-state index contributed by atoms with van der Waals surface area (Å²) in [6, 6.07) is -0.421. The van der Waals surface area contributed by atoms with Crippen molar-refractivity contribution in [2.45, 2.75) is 32.9 Å². The van der Waals surface area contributed by atoms with Gasteiger partial charge in [-0.05, 0) is 14.0 Å². The van der Waals surface area contributed by atoms with E-state index in [0.29, 0.717) is 0 Å². The van der Waals surface area contributed by atoms with Crippen LogP contribution in [0.5, 0.6) is 0 Å². The van der Waals surface area contributed by atoms with Gasteiger partial charge in [0.15, 0.2) is 5.78 Å². The average molecular weight is 159 g/mol. The number of Topliss-reactive ketones (excluding diaryl/α,β-unsaturated/α-hetero) is 1. The first-order chi connectivity index (χ1) is 5.00. The van der Waals surface area contributed by atoms with Crippen LogP contribution >= 0.6 is 0 Å². The van der Waals surface area contributed by atoms with Crippen LogP contribution in [0.4, 0.5) is 0 Å². The Hall–Kier alpha value is -0.410. The van der Waals surface area contributed by atoms with Gasteiger partial charge in [-0.1, -0.05) is 13.8 Å². The molecule has 3 heteroatoms. The summed E-state index contributed by atoms with van der Waals surface area (Å²) in [5.41, 5.74) is 0. The molecule has 0 aliphatic rings. The molecule has 0 radical (unpaired) electrons. The number of aliphatic hydroxyl groups excluding tert-OH is 1. The van der Waals surface area contributed by atoms with Crippen LogP contribution in [0.3, 0.4) is 0 Å². The van der Waals surface area contributed by atoms with Crippen LogP contribution in [0.2, 0.25) is 0 Å². The van der Waals surface area contributed by atoms with Crippen molar-refractivity contribution in [1.82, 2.24) is 5.32 Å². The maximum Gasteiger partial charge on any atom is 0.154 e. The number of hydrogen-bond acceptors (Lipinski definition) is 3. The number of ketones is 1. The predicted molar refractivity (Wildman–Crippen MR) is 44.4 cm³/mol. The van der Waals surface area contributed by atoms with Crippen molar-refractivity contribution in [2.24, 2.45) is 5.92 Å². The summed E-state index contributed by atoms with van der Waals surface area (Å²) >= 11 is 0. The highest BCUT2D eigenvalue weighted by Gasteiger charge is 2.23. The summed E-state index contributed by atoms with van der Waals surface area (Å²) in [7, 11) is 1.68. The van der Waals surface area contributed by atoms with E-state index < -0.39 is 12.1 Å². The van der Waals surface area contributed by atoms with Gasteiger partial charge in [0.1, 0.15) is 0 Å². The van der Waals surface area contributed by atoms with Crippen LogP contribution in [0.25, 0.3) is 0 Å². The lowest BCUT2D eigenvalue weighted by atomic mass is 9.98. The molecule has 66 valence electrons. The lowest BCUT2D eigenvalue weighted by Crippen LogP contribution is -2.44. The number of rotatable bonds is 4. The molecule has 0 aromatic rings. The van der Waals surface area contributed by atoms with Gasteiger partial charge in [-0.3, -0.25) is 4.79 Å². The molecule has 0 spiro atoms. The molecule has 0 rings (SSSR count). The number of hydrogen-bond donors (Lipinski definition) is 2. The third kappa shape index (κ3) is 2.99. The quantitative estimate of drug-likeness (QED) is 0.615. The van der Waals surface area contributed by atoms with E-state index in [4.69, 9.17) is 5.11 Å². The molecule has 0 saturated carbocycles. The van der Waals surface area contributed by atoms with E-state index in [1.54, 1.807) is 14.0 Å². The molecule has 3 nitrogen and oxygen atoms in total. The fourth-order valence-corrected chi connectivity index (χ4v) is 0.980. The van der Waals surface area contributed by atoms with E-state index in [9.17, 15) is 4.79 Å². The average Bonchev–Trinajstić information content (AvgIpc) is 1.88. The van der Waals surface area contributed by atoms with Gasteiger partial charge in [-0.2, -0.15) is 0 Å². The van der Waals surface area contributed by atoms with E-state index in [1.165, 1.54) is 0 Å². The van der Waals surface area contributed by atoms with Crippen LogP contribution in [-0.2, 0) is 4.79 Å². The van der Waals surface area contributed by atoms with Crippen molar-refractivity contribution in [3.63, 3.8) is 0 Å². The molecule has 0 aliphatic heterocycles. The second kappa shape index (κ2) is 4.46. The fraction of sp³-hybridized carbons (Fsp3) is 0.875. The second-order valence-electron chi connectivity index (χ2n) is 3.06. The smallest absolute Gasteiger partial charge is 0.154 e. The van der Waals surface area contributed by atoms with Crippen molar-refractivity contribution < 1.29 is 9.90 Å². The molecule has 2 unspecified atom stereocenters. The number of nitrogens with one attached hydrogen (secondary N) is 1. The van der Waals surface area contributed by atoms with Crippen LogP contribution in [0.1, 0.15) is 20.8 Å². The molecule has 2 N–H and O–H groups in total. The normalized spacial score (nSPS) is 16.5. The maximum absolute atomic E-state index is 11.3. The summed E-state index contributed by atoms with van der Waals surface area (Å²) in [4.78, 5) is 11.3. The van der Waals surface area contributed by atoms with Crippen LogP contribution in [0, 0.1) is 5.92 Å². The number of carbonyl (C=O) groups excluding carboxylic acids is 1. The fourth-order valence-electron chi connectivity index (χ4n) is 0.980. The molecule has 0 heterocycles. The standard InChI is InChI=1S/C8H17NO2/c1-5(2)8(11)7(9-4)6(3)10/h5-7,9-10H,1-4H3. The zero-order chi connectivity index (χ0) is 9.02. The molecular weight excluding hydrogens is 142 g/mol. The molecule has 0 aliphatic carbocycles. The van der Waals surface area contributed by atoms with Gasteiger partial charge in [0, 0.05) is 5.92 Å². The first kappa shape index (κ1) is 10.6. The van der Waals surface area contributed by atoms with Gasteiger partial charge in [-0.25, -0.2) is 0 Å². The summed E-state index contributed by atoms with van der Waals surface area (Å²) in [5.74, 6) is 0.0320. The summed E-state index contributed by atoms with van der Waals surface area (Å²) < 4.78 is 0. The number of carbonyl (C=O) groups is 1. The molecule has 0 aromatic carbocycles. The Morgan fingerprint density at radius 2 is 1.82 bits per heavy atom. The Kier molecular flexibility index (Phi) is 4.30. The highest BCUT2D eigenvalue weighted by atomic mass is 16.3. The van der Waals surface area contributed by atoms with E-state index >= 15 is 0 Å². The van der Waals surface area contributed by atoms with Gasteiger partial charge in [0.05, 0.1) is 12.1 Å². The largest absolute Gasteiger partial charge is 0.391 e. The first-order valence-corrected chi connectivity index (χ1v) is 3.89. The van der Waals surface area contributed by atoms with Crippen LogP contribution < -0.4 is 5.32 Å². The lowest BCUT2D eigenvalue weighted by molar-refractivity contribution is -0.126. The van der Waals surface area contributed by atoms with Crippen molar-refractivity contribution in [1.29, 1.82) is 0 Å². The predicted octanol–water partition coefficient (Wildman–Crippen LogP) is 0.180. The van der Waals surface area contributed by atoms with E-state index in [0.717, 1.165) is 0 Å². The van der Waals surface area contributed by atoms with Crippen molar-refractivity contribution in [3.8, 4) is 0 Å². The highest BCUT2D eigenvalue weighted by Crippen LogP contribution is 2.02. The monoisotopic (exact) mass is 159 g/mol. The van der Waals surface area contributed by atoms with Gasteiger partial charge in [-0.15, -0.1) is 0 Å². The highest BCUT2D eigenvalue weighted by molar-refractivity contribution is 5.86. The number of likely N-dealkylation sites (N-methyl/N-ethyl adjacent to an activating group) is 1. The summed E-state index contributed by atoms with van der Waals surface area (Å²) in [6.45, 7) is 5.27. The van der Waals surface area contributed by atoms with E-state index in [-0.39, 0.29) is 11.7 Å². The van der Waals surface area contributed by atoms with Crippen LogP contribution in [0.15, 0.2) is 0 Å². The van der Waals surface area contributed by atoms with Crippen LogP contribution in [-0.4, -0.2) is 30.1 Å². The molecule has 0 saturated heterocycles. The molecule has 0 bridgehead atoms. The molecule has 11 heavy (non-hydrogen) atoms. The Bertz CT molecular complexity index is 132. The Morgan fingerprint density at radius 1 is 1.36 bits per heavy atom.